The summed E-state index contributed by atoms with van der Waals surface area (Å²) in [5, 5.41) is 9.81. The summed E-state index contributed by atoms with van der Waals surface area (Å²) in [6.45, 7) is 0. The van der Waals surface area contributed by atoms with Crippen molar-refractivity contribution in [2.75, 3.05) is 0 Å². The highest BCUT2D eigenvalue weighted by molar-refractivity contribution is 7.98. The number of alkyl halides is 3. The first-order chi connectivity index (χ1) is 11.9. The monoisotopic (exact) mass is 383 g/mol. The van der Waals surface area contributed by atoms with Crippen molar-refractivity contribution in [3.05, 3.63) is 51.5 Å². The Balaban J connectivity index is 1.64. The van der Waals surface area contributed by atoms with Crippen LogP contribution in [0.15, 0.2) is 39.7 Å². The lowest BCUT2D eigenvalue weighted by Gasteiger charge is -2.07. The molecule has 128 valence electrons. The Morgan fingerprint density at radius 1 is 1.24 bits per heavy atom. The number of halogens is 3. The van der Waals surface area contributed by atoms with Crippen LogP contribution in [0, 0.1) is 0 Å². The van der Waals surface area contributed by atoms with Crippen LogP contribution in [0.25, 0.3) is 15.9 Å². The Labute approximate surface area is 145 Å². The molecule has 4 heterocycles. The normalized spacial score (nSPS) is 12.3. The lowest BCUT2D eigenvalue weighted by atomic mass is 10.3. The molecule has 0 saturated heterocycles. The molecule has 4 aromatic heterocycles. The molecule has 0 aliphatic carbocycles. The molecule has 0 atom stereocenters. The molecule has 0 aliphatic heterocycles. The fourth-order valence-corrected chi connectivity index (χ4v) is 3.77. The van der Waals surface area contributed by atoms with Gasteiger partial charge in [0.1, 0.15) is 10.5 Å². The summed E-state index contributed by atoms with van der Waals surface area (Å²) in [4.78, 5) is 18.9. The maximum absolute atomic E-state index is 12.9. The van der Waals surface area contributed by atoms with Crippen molar-refractivity contribution >= 4 is 39.0 Å². The van der Waals surface area contributed by atoms with Gasteiger partial charge >= 0.3 is 6.18 Å². The molecule has 4 rings (SSSR count). The number of hydrogen-bond acceptors (Lipinski definition) is 6. The van der Waals surface area contributed by atoms with Crippen molar-refractivity contribution in [2.24, 2.45) is 0 Å². The quantitative estimate of drug-likeness (QED) is 0.549. The van der Waals surface area contributed by atoms with Crippen LogP contribution in [0.2, 0.25) is 0 Å². The Morgan fingerprint density at radius 2 is 2.08 bits per heavy atom. The van der Waals surface area contributed by atoms with Crippen LogP contribution in [0.5, 0.6) is 0 Å². The van der Waals surface area contributed by atoms with Gasteiger partial charge in [-0.1, -0.05) is 11.8 Å². The summed E-state index contributed by atoms with van der Waals surface area (Å²) in [5.41, 5.74) is -0.117. The zero-order valence-electron chi connectivity index (χ0n) is 12.2. The highest BCUT2D eigenvalue weighted by Crippen LogP contribution is 2.30. The molecule has 0 radical (unpaired) electrons. The highest BCUT2D eigenvalue weighted by atomic mass is 32.2. The number of rotatable bonds is 3. The number of nitrogens with one attached hydrogen (secondary N) is 1. The lowest BCUT2D eigenvalue weighted by Crippen LogP contribution is -2.09. The average Bonchev–Trinajstić information content (AvgIpc) is 3.18. The van der Waals surface area contributed by atoms with Gasteiger partial charge in [0, 0.05) is 6.20 Å². The third-order valence-corrected chi connectivity index (χ3v) is 5.26. The summed E-state index contributed by atoms with van der Waals surface area (Å²) >= 11 is 2.44. The summed E-state index contributed by atoms with van der Waals surface area (Å²) in [5.74, 6) is 0.669. The molecular formula is C14H8F3N5OS2. The molecule has 1 N–H and O–H groups in total. The average molecular weight is 383 g/mol. The van der Waals surface area contributed by atoms with E-state index in [-0.39, 0.29) is 16.5 Å². The van der Waals surface area contributed by atoms with Crippen LogP contribution in [0.4, 0.5) is 13.2 Å². The van der Waals surface area contributed by atoms with Crippen LogP contribution >= 0.6 is 23.1 Å². The minimum atomic E-state index is -4.45. The summed E-state index contributed by atoms with van der Waals surface area (Å²) < 4.78 is 40.4. The molecule has 0 bridgehead atoms. The van der Waals surface area contributed by atoms with Gasteiger partial charge < -0.3 is 4.98 Å². The maximum Gasteiger partial charge on any atom is 0.417 e. The van der Waals surface area contributed by atoms with Gasteiger partial charge in [0.25, 0.3) is 5.56 Å². The van der Waals surface area contributed by atoms with Crippen molar-refractivity contribution in [2.45, 2.75) is 17.1 Å². The lowest BCUT2D eigenvalue weighted by molar-refractivity contribution is -0.137. The summed E-state index contributed by atoms with van der Waals surface area (Å²) in [6, 6.07) is 3.96. The van der Waals surface area contributed by atoms with E-state index in [1.807, 2.05) is 0 Å². The second-order valence-corrected chi connectivity index (χ2v) is 6.92. The minimum absolute atomic E-state index is 0.235. The molecule has 6 nitrogen and oxygen atoms in total. The third kappa shape index (κ3) is 3.00. The molecule has 0 spiro atoms. The maximum atomic E-state index is 12.9. The molecule has 0 aliphatic rings. The number of pyridine rings is 1. The van der Waals surface area contributed by atoms with Crippen LogP contribution in [0.1, 0.15) is 11.4 Å². The third-order valence-electron chi connectivity index (χ3n) is 3.40. The van der Waals surface area contributed by atoms with E-state index in [9.17, 15) is 18.0 Å². The Hall–Kier alpha value is -2.40. The fourth-order valence-electron chi connectivity index (χ4n) is 2.26. The second kappa shape index (κ2) is 5.85. The van der Waals surface area contributed by atoms with E-state index in [2.05, 4.69) is 20.2 Å². The van der Waals surface area contributed by atoms with E-state index in [0.29, 0.717) is 21.7 Å². The Kier molecular flexibility index (Phi) is 3.76. The SMILES string of the molecule is O=c1[nH]c(CSc2nnc3ccc(C(F)(F)F)cn23)nc2ccsc12. The number of fused-ring (bicyclic) bond motifs is 2. The first-order valence-electron chi connectivity index (χ1n) is 6.93. The van der Waals surface area contributed by atoms with Gasteiger partial charge in [-0.25, -0.2) is 4.98 Å². The van der Waals surface area contributed by atoms with Crippen molar-refractivity contribution < 1.29 is 13.2 Å². The van der Waals surface area contributed by atoms with Gasteiger partial charge in [-0.15, -0.1) is 21.5 Å². The van der Waals surface area contributed by atoms with E-state index in [1.165, 1.54) is 21.8 Å². The van der Waals surface area contributed by atoms with Crippen LogP contribution in [0.3, 0.4) is 0 Å². The number of aromatic amines is 1. The van der Waals surface area contributed by atoms with Gasteiger partial charge in [-0.05, 0) is 23.6 Å². The van der Waals surface area contributed by atoms with Gasteiger partial charge in [0.15, 0.2) is 10.8 Å². The topological polar surface area (TPSA) is 75.9 Å². The number of thioether (sulfide) groups is 1. The van der Waals surface area contributed by atoms with Crippen LogP contribution in [-0.2, 0) is 11.9 Å². The molecule has 0 aromatic carbocycles. The summed E-state index contributed by atoms with van der Waals surface area (Å²) in [7, 11) is 0. The molecule has 0 saturated carbocycles. The molecule has 4 aromatic rings. The predicted octanol–water partition coefficient (Wildman–Crippen LogP) is 3.34. The summed E-state index contributed by atoms with van der Waals surface area (Å²) in [6.07, 6.45) is -3.49. The second-order valence-electron chi connectivity index (χ2n) is 5.06. The van der Waals surface area contributed by atoms with Gasteiger partial charge in [-0.3, -0.25) is 9.20 Å². The van der Waals surface area contributed by atoms with E-state index >= 15 is 0 Å². The van der Waals surface area contributed by atoms with Crippen LogP contribution in [-0.4, -0.2) is 24.6 Å². The molecule has 0 unspecified atom stereocenters. The van der Waals surface area contributed by atoms with E-state index in [1.54, 1.807) is 11.4 Å². The molecule has 0 fully saturated rings. The van der Waals surface area contributed by atoms with Gasteiger partial charge in [-0.2, -0.15) is 13.2 Å². The zero-order valence-corrected chi connectivity index (χ0v) is 13.9. The molecule has 25 heavy (non-hydrogen) atoms. The number of hydrogen-bond donors (Lipinski definition) is 1. The highest BCUT2D eigenvalue weighted by Gasteiger charge is 2.31. The first-order valence-corrected chi connectivity index (χ1v) is 8.79. The minimum Gasteiger partial charge on any atom is -0.309 e. The van der Waals surface area contributed by atoms with E-state index in [0.717, 1.165) is 24.0 Å². The number of nitrogens with zero attached hydrogens (tertiary/aromatic N) is 4. The zero-order chi connectivity index (χ0) is 17.6. The standard InChI is InChI=1S/C14H8F3N5OS2/c15-14(16,17)7-1-2-10-20-21-13(22(10)5-7)25-6-9-18-8-3-4-24-11(8)12(23)19-9/h1-5H,6H2,(H,18,19,23). The van der Waals surface area contributed by atoms with Crippen molar-refractivity contribution in [3.63, 3.8) is 0 Å². The van der Waals surface area contributed by atoms with Gasteiger partial charge in [0.2, 0.25) is 0 Å². The molecule has 0 amide bonds. The molecular weight excluding hydrogens is 375 g/mol. The number of H-pyrrole nitrogens is 1. The number of thiophene rings is 1. The van der Waals surface area contributed by atoms with Crippen molar-refractivity contribution in [1.82, 2.24) is 24.6 Å². The first kappa shape index (κ1) is 16.1. The Morgan fingerprint density at radius 3 is 2.88 bits per heavy atom. The smallest absolute Gasteiger partial charge is 0.309 e. The van der Waals surface area contributed by atoms with Gasteiger partial charge in [0.05, 0.1) is 16.8 Å². The van der Waals surface area contributed by atoms with Crippen molar-refractivity contribution in [1.29, 1.82) is 0 Å². The predicted molar refractivity (Wildman–Crippen MR) is 87.8 cm³/mol. The van der Waals surface area contributed by atoms with E-state index in [4.69, 9.17) is 0 Å². The fraction of sp³-hybridized carbons (Fsp3) is 0.143. The van der Waals surface area contributed by atoms with E-state index < -0.39 is 11.7 Å². The molecule has 11 heteroatoms. The number of aromatic nitrogens is 5. The van der Waals surface area contributed by atoms with Crippen LogP contribution < -0.4 is 5.56 Å². The van der Waals surface area contributed by atoms with Crippen molar-refractivity contribution in [3.8, 4) is 0 Å². The Bertz CT molecular complexity index is 1130. The largest absolute Gasteiger partial charge is 0.417 e.